The lowest BCUT2D eigenvalue weighted by atomic mass is 10.4. The number of hydrogen-bond acceptors (Lipinski definition) is 7. The van der Waals surface area contributed by atoms with Crippen molar-refractivity contribution in [2.75, 3.05) is 18.5 Å². The highest BCUT2D eigenvalue weighted by Crippen LogP contribution is 2.46. The molecule has 2 heterocycles. The van der Waals surface area contributed by atoms with E-state index in [-0.39, 0.29) is 10.7 Å². The third kappa shape index (κ3) is 3.11. The fourth-order valence-electron chi connectivity index (χ4n) is 1.62. The largest absolute Gasteiger partial charge is 0.351 e. The average Bonchev–Trinajstić information content (AvgIpc) is 3.07. The predicted octanol–water partition coefficient (Wildman–Crippen LogP) is 2.47. The van der Waals surface area contributed by atoms with Gasteiger partial charge in [-0.25, -0.2) is 9.97 Å². The van der Waals surface area contributed by atoms with E-state index in [1.807, 2.05) is 11.9 Å². The molecule has 0 unspecified atom stereocenters. The van der Waals surface area contributed by atoms with Crippen LogP contribution < -0.4 is 9.62 Å². The van der Waals surface area contributed by atoms with E-state index in [1.165, 1.54) is 29.5 Å². The lowest BCUT2D eigenvalue weighted by Gasteiger charge is -2.10. The molecule has 0 bridgehead atoms. The number of nitrogens with zero attached hydrogens (tertiary/aromatic N) is 4. The molecule has 1 saturated carbocycles. The van der Waals surface area contributed by atoms with E-state index >= 15 is 0 Å². The molecule has 21 heavy (non-hydrogen) atoms. The minimum atomic E-state index is -0.193. The monoisotopic (exact) mass is 323 g/mol. The SMILES string of the molecule is CCN(C)c1nc2ncc(C(=O)NSC3(C)CC3)nc2s1. The van der Waals surface area contributed by atoms with Crippen molar-refractivity contribution in [1.29, 1.82) is 0 Å². The van der Waals surface area contributed by atoms with Gasteiger partial charge in [0.1, 0.15) is 5.69 Å². The zero-order chi connectivity index (χ0) is 15.0. The molecule has 2 aromatic heterocycles. The first kappa shape index (κ1) is 14.5. The van der Waals surface area contributed by atoms with Crippen molar-refractivity contribution < 1.29 is 4.79 Å². The number of rotatable bonds is 5. The van der Waals surface area contributed by atoms with Crippen LogP contribution in [0.25, 0.3) is 10.5 Å². The van der Waals surface area contributed by atoms with E-state index in [0.29, 0.717) is 16.2 Å². The number of amides is 1. The molecule has 2 aromatic rings. The molecule has 1 aliphatic rings. The molecule has 3 rings (SSSR count). The summed E-state index contributed by atoms with van der Waals surface area (Å²) in [5, 5.41) is 0.866. The van der Waals surface area contributed by atoms with E-state index < -0.39 is 0 Å². The Morgan fingerprint density at radius 2 is 2.29 bits per heavy atom. The molecule has 0 atom stereocenters. The van der Waals surface area contributed by atoms with Crippen molar-refractivity contribution in [2.45, 2.75) is 31.4 Å². The quantitative estimate of drug-likeness (QED) is 0.852. The van der Waals surface area contributed by atoms with Crippen LogP contribution in [0.3, 0.4) is 0 Å². The number of hydrogen-bond donors (Lipinski definition) is 1. The number of carbonyl (C=O) groups is 1. The van der Waals surface area contributed by atoms with E-state index in [0.717, 1.165) is 24.5 Å². The molecule has 0 radical (unpaired) electrons. The summed E-state index contributed by atoms with van der Waals surface area (Å²) < 4.78 is 3.06. The molecule has 1 N–H and O–H groups in total. The van der Waals surface area contributed by atoms with Crippen LogP contribution in [0.1, 0.15) is 37.2 Å². The minimum Gasteiger partial charge on any atom is -0.351 e. The van der Waals surface area contributed by atoms with Crippen molar-refractivity contribution >= 4 is 44.8 Å². The Hall–Kier alpha value is -1.41. The first-order valence-electron chi connectivity index (χ1n) is 6.84. The zero-order valence-electron chi connectivity index (χ0n) is 12.2. The highest BCUT2D eigenvalue weighted by molar-refractivity contribution is 7.99. The summed E-state index contributed by atoms with van der Waals surface area (Å²) in [5.74, 6) is -0.193. The molecule has 1 amide bonds. The Morgan fingerprint density at radius 3 is 2.95 bits per heavy atom. The second-order valence-electron chi connectivity index (χ2n) is 5.38. The molecule has 0 aromatic carbocycles. The van der Waals surface area contributed by atoms with Gasteiger partial charge in [0, 0.05) is 18.3 Å². The van der Waals surface area contributed by atoms with Gasteiger partial charge in [-0.15, -0.1) is 0 Å². The van der Waals surface area contributed by atoms with Gasteiger partial charge in [0.15, 0.2) is 15.6 Å². The Morgan fingerprint density at radius 1 is 1.52 bits per heavy atom. The first-order chi connectivity index (χ1) is 10.0. The highest BCUT2D eigenvalue weighted by Gasteiger charge is 2.39. The van der Waals surface area contributed by atoms with Gasteiger partial charge in [-0.1, -0.05) is 11.3 Å². The number of nitrogens with one attached hydrogen (secondary N) is 1. The topological polar surface area (TPSA) is 71.0 Å². The number of fused-ring (bicyclic) bond motifs is 1. The van der Waals surface area contributed by atoms with Crippen LogP contribution in [-0.2, 0) is 0 Å². The molecule has 0 aliphatic heterocycles. The fraction of sp³-hybridized carbons (Fsp3) is 0.538. The molecule has 6 nitrogen and oxygen atoms in total. The van der Waals surface area contributed by atoms with E-state index in [1.54, 1.807) is 0 Å². The molecule has 0 saturated heterocycles. The Labute approximate surface area is 131 Å². The first-order valence-corrected chi connectivity index (χ1v) is 8.47. The van der Waals surface area contributed by atoms with E-state index in [4.69, 9.17) is 0 Å². The van der Waals surface area contributed by atoms with Gasteiger partial charge in [0.2, 0.25) is 0 Å². The highest BCUT2D eigenvalue weighted by atomic mass is 32.2. The molecule has 1 aliphatic carbocycles. The van der Waals surface area contributed by atoms with Gasteiger partial charge in [-0.05, 0) is 38.6 Å². The molecule has 1 fully saturated rings. The summed E-state index contributed by atoms with van der Waals surface area (Å²) in [6, 6.07) is 0. The summed E-state index contributed by atoms with van der Waals surface area (Å²) >= 11 is 2.93. The van der Waals surface area contributed by atoms with E-state index in [2.05, 4.69) is 33.5 Å². The second kappa shape index (κ2) is 5.42. The maximum atomic E-state index is 12.1. The van der Waals surface area contributed by atoms with Crippen LogP contribution in [0.2, 0.25) is 0 Å². The van der Waals surface area contributed by atoms with Gasteiger partial charge < -0.3 is 4.90 Å². The summed E-state index contributed by atoms with van der Waals surface area (Å²) in [6.07, 6.45) is 3.78. The molecule has 0 spiro atoms. The van der Waals surface area contributed by atoms with Crippen LogP contribution in [0.4, 0.5) is 5.13 Å². The standard InChI is InChI=1S/C13H17N5OS2/c1-4-18(3)12-16-9-11(20-12)15-8(7-14-9)10(19)17-21-13(2)5-6-13/h7H,4-6H2,1-3H3,(H,17,19). The normalized spacial score (nSPS) is 16.0. The Bertz CT molecular complexity index is 682. The van der Waals surface area contributed by atoms with Crippen molar-refractivity contribution in [1.82, 2.24) is 19.7 Å². The third-order valence-corrected chi connectivity index (χ3v) is 5.73. The van der Waals surface area contributed by atoms with Crippen molar-refractivity contribution in [3.63, 3.8) is 0 Å². The molecular weight excluding hydrogens is 306 g/mol. The van der Waals surface area contributed by atoms with Gasteiger partial charge in [-0.3, -0.25) is 9.52 Å². The minimum absolute atomic E-state index is 0.193. The van der Waals surface area contributed by atoms with E-state index in [9.17, 15) is 4.79 Å². The van der Waals surface area contributed by atoms with Gasteiger partial charge >= 0.3 is 0 Å². The van der Waals surface area contributed by atoms with Crippen molar-refractivity contribution in [2.24, 2.45) is 0 Å². The number of anilines is 1. The molecular formula is C13H17N5OS2. The number of carbonyl (C=O) groups excluding carboxylic acids is 1. The smallest absolute Gasteiger partial charge is 0.281 e. The van der Waals surface area contributed by atoms with Crippen LogP contribution in [0.15, 0.2) is 6.20 Å². The van der Waals surface area contributed by atoms with Crippen LogP contribution in [-0.4, -0.2) is 39.2 Å². The predicted molar refractivity (Wildman–Crippen MR) is 86.9 cm³/mol. The maximum absolute atomic E-state index is 12.1. The van der Waals surface area contributed by atoms with Crippen molar-refractivity contribution in [3.8, 4) is 0 Å². The summed E-state index contributed by atoms with van der Waals surface area (Å²) in [4.78, 5) is 27.8. The van der Waals surface area contributed by atoms with Gasteiger partial charge in [0.25, 0.3) is 5.91 Å². The average molecular weight is 323 g/mol. The molecule has 112 valence electrons. The lowest BCUT2D eigenvalue weighted by Crippen LogP contribution is -2.20. The Balaban J connectivity index is 1.78. The summed E-state index contributed by atoms with van der Waals surface area (Å²) in [6.45, 7) is 5.06. The van der Waals surface area contributed by atoms with Crippen LogP contribution >= 0.6 is 23.3 Å². The van der Waals surface area contributed by atoms with Crippen LogP contribution in [0.5, 0.6) is 0 Å². The Kier molecular flexibility index (Phi) is 3.75. The third-order valence-electron chi connectivity index (χ3n) is 3.49. The maximum Gasteiger partial charge on any atom is 0.281 e. The van der Waals surface area contributed by atoms with Crippen LogP contribution in [0, 0.1) is 0 Å². The fourth-order valence-corrected chi connectivity index (χ4v) is 3.29. The second-order valence-corrected chi connectivity index (χ2v) is 7.73. The van der Waals surface area contributed by atoms with Gasteiger partial charge in [0.05, 0.1) is 6.20 Å². The molecule has 8 heteroatoms. The number of aromatic nitrogens is 3. The zero-order valence-corrected chi connectivity index (χ0v) is 13.8. The van der Waals surface area contributed by atoms with Crippen molar-refractivity contribution in [3.05, 3.63) is 11.9 Å². The lowest BCUT2D eigenvalue weighted by molar-refractivity contribution is 0.0979. The number of thiazole rings is 1. The summed E-state index contributed by atoms with van der Waals surface area (Å²) in [5.41, 5.74) is 0.933. The van der Waals surface area contributed by atoms with Gasteiger partial charge in [-0.2, -0.15) is 4.98 Å². The summed E-state index contributed by atoms with van der Waals surface area (Å²) in [7, 11) is 1.97.